The molecule has 4 heteroatoms. The maximum absolute atomic E-state index is 5.45. The van der Waals surface area contributed by atoms with E-state index in [2.05, 4.69) is 181 Å². The van der Waals surface area contributed by atoms with E-state index in [1.807, 2.05) is 0 Å². The minimum absolute atomic E-state index is 0.736. The first-order valence-electron chi connectivity index (χ1n) is 17.6. The summed E-state index contributed by atoms with van der Waals surface area (Å²) in [5.74, 6) is 0.736. The minimum atomic E-state index is 0.736. The van der Waals surface area contributed by atoms with E-state index in [-0.39, 0.29) is 0 Å². The predicted octanol–water partition coefficient (Wildman–Crippen LogP) is 13.6. The molecule has 3 heterocycles. The van der Waals surface area contributed by atoms with Gasteiger partial charge < -0.3 is 4.90 Å². The van der Waals surface area contributed by atoms with Crippen molar-refractivity contribution in [2.24, 2.45) is 0 Å². The number of nitrogens with zero attached hydrogens (tertiary/aromatic N) is 3. The summed E-state index contributed by atoms with van der Waals surface area (Å²) in [5, 5.41) is 5.92. The van der Waals surface area contributed by atoms with Crippen molar-refractivity contribution >= 4 is 70.2 Å². The quantitative estimate of drug-likeness (QED) is 0.185. The Morgan fingerprint density at radius 3 is 2.06 bits per heavy atom. The molecule has 0 unspecified atom stereocenters. The van der Waals surface area contributed by atoms with E-state index in [1.165, 1.54) is 48.8 Å². The number of aromatic nitrogens is 2. The molecule has 11 rings (SSSR count). The molecule has 0 saturated carbocycles. The monoisotopic (exact) mass is 679 g/mol. The molecule has 0 radical (unpaired) electrons. The Bertz CT molecular complexity index is 3020. The predicted molar refractivity (Wildman–Crippen MR) is 220 cm³/mol. The first kappa shape index (κ1) is 29.1. The van der Waals surface area contributed by atoms with Crippen LogP contribution in [0.5, 0.6) is 0 Å². The Labute approximate surface area is 304 Å². The van der Waals surface area contributed by atoms with E-state index in [0.717, 1.165) is 55.0 Å². The van der Waals surface area contributed by atoms with Crippen LogP contribution in [-0.4, -0.2) is 9.97 Å². The molecule has 1 aliphatic rings. The summed E-state index contributed by atoms with van der Waals surface area (Å²) in [6.07, 6.45) is 0. The van der Waals surface area contributed by atoms with Crippen molar-refractivity contribution in [1.29, 1.82) is 0 Å². The summed E-state index contributed by atoms with van der Waals surface area (Å²) in [7, 11) is 0. The lowest BCUT2D eigenvalue weighted by Gasteiger charge is -2.34. The number of hydrogen-bond acceptors (Lipinski definition) is 4. The molecular formula is C48H29N3S. The average molecular weight is 680 g/mol. The zero-order valence-electron chi connectivity index (χ0n) is 28.0. The fourth-order valence-electron chi connectivity index (χ4n) is 7.98. The number of thiophene rings is 1. The molecule has 0 spiro atoms. The first-order chi connectivity index (χ1) is 25.8. The van der Waals surface area contributed by atoms with Gasteiger partial charge in [0.15, 0.2) is 5.82 Å². The molecule has 0 amide bonds. The number of fused-ring (bicyclic) bond motifs is 6. The fourth-order valence-corrected chi connectivity index (χ4v) is 9.13. The molecule has 242 valence electrons. The number of anilines is 3. The molecule has 0 saturated heterocycles. The topological polar surface area (TPSA) is 29.0 Å². The Morgan fingerprint density at radius 2 is 1.17 bits per heavy atom. The summed E-state index contributed by atoms with van der Waals surface area (Å²) in [6.45, 7) is 0. The van der Waals surface area contributed by atoms with Crippen LogP contribution in [-0.2, 0) is 0 Å². The number of hydrogen-bond donors (Lipinski definition) is 0. The van der Waals surface area contributed by atoms with Gasteiger partial charge in [0, 0.05) is 37.9 Å². The van der Waals surface area contributed by atoms with Gasteiger partial charge in [-0.2, -0.15) is 0 Å². The SMILES string of the molecule is c1ccc(-c2ccc3c(c2)N(c2ccccc2)c2ccc(-c4nc(-c5ccc6ccccc6c5)c5sc6ccccc6c5n4)c4cccc-3c24)cc1. The van der Waals surface area contributed by atoms with E-state index in [4.69, 9.17) is 9.97 Å². The molecule has 2 aromatic heterocycles. The van der Waals surface area contributed by atoms with Gasteiger partial charge in [0.1, 0.15) is 0 Å². The first-order valence-corrected chi connectivity index (χ1v) is 18.4. The normalized spacial score (nSPS) is 12.2. The summed E-state index contributed by atoms with van der Waals surface area (Å²) in [5.41, 5.74) is 12.3. The van der Waals surface area contributed by atoms with Crippen molar-refractivity contribution < 1.29 is 0 Å². The van der Waals surface area contributed by atoms with Crippen LogP contribution in [0.2, 0.25) is 0 Å². The zero-order valence-corrected chi connectivity index (χ0v) is 28.8. The van der Waals surface area contributed by atoms with Crippen LogP contribution in [0.25, 0.3) is 86.7 Å². The second kappa shape index (κ2) is 11.5. The maximum atomic E-state index is 5.45. The lowest BCUT2D eigenvalue weighted by atomic mass is 9.87. The highest BCUT2D eigenvalue weighted by atomic mass is 32.1. The Morgan fingerprint density at radius 1 is 0.442 bits per heavy atom. The number of rotatable bonds is 4. The molecule has 3 nitrogen and oxygen atoms in total. The molecule has 0 fully saturated rings. The van der Waals surface area contributed by atoms with E-state index >= 15 is 0 Å². The van der Waals surface area contributed by atoms with Crippen molar-refractivity contribution in [3.8, 4) is 44.9 Å². The maximum Gasteiger partial charge on any atom is 0.161 e. The molecule has 52 heavy (non-hydrogen) atoms. The molecule has 0 bridgehead atoms. The van der Waals surface area contributed by atoms with Crippen LogP contribution in [0.15, 0.2) is 176 Å². The molecular weight excluding hydrogens is 651 g/mol. The summed E-state index contributed by atoms with van der Waals surface area (Å²) >= 11 is 1.77. The van der Waals surface area contributed by atoms with Crippen molar-refractivity contribution in [3.63, 3.8) is 0 Å². The van der Waals surface area contributed by atoms with Crippen LogP contribution < -0.4 is 4.90 Å². The molecule has 0 N–H and O–H groups in total. The minimum Gasteiger partial charge on any atom is -0.309 e. The standard InChI is InChI=1S/C48H29N3S/c1-3-12-30(13-4-1)33-24-25-36-37-19-11-20-38-39(26-27-41(44(37)38)51(42(36)29-33)35-16-5-2-6-17-35)48-49-45(34-23-22-31-14-7-8-15-32(31)28-34)47-46(50-48)40-18-9-10-21-43(40)52-47/h1-29H. The fraction of sp³-hybridized carbons (Fsp3) is 0. The second-order valence-corrected chi connectivity index (χ2v) is 14.4. The van der Waals surface area contributed by atoms with Crippen molar-refractivity contribution in [2.45, 2.75) is 0 Å². The smallest absolute Gasteiger partial charge is 0.161 e. The van der Waals surface area contributed by atoms with Crippen molar-refractivity contribution in [3.05, 3.63) is 176 Å². The molecule has 1 aliphatic heterocycles. The van der Waals surface area contributed by atoms with Gasteiger partial charge in [0.25, 0.3) is 0 Å². The third-order valence-corrected chi connectivity index (χ3v) is 11.6. The lowest BCUT2D eigenvalue weighted by Crippen LogP contribution is -2.15. The Hall–Kier alpha value is -6.62. The highest BCUT2D eigenvalue weighted by molar-refractivity contribution is 7.26. The third kappa shape index (κ3) is 4.45. The van der Waals surface area contributed by atoms with Gasteiger partial charge >= 0.3 is 0 Å². The van der Waals surface area contributed by atoms with Crippen LogP contribution in [0.1, 0.15) is 0 Å². The highest BCUT2D eigenvalue weighted by Gasteiger charge is 2.28. The van der Waals surface area contributed by atoms with Crippen molar-refractivity contribution in [2.75, 3.05) is 4.90 Å². The van der Waals surface area contributed by atoms with Crippen LogP contribution in [0.3, 0.4) is 0 Å². The molecule has 0 atom stereocenters. The van der Waals surface area contributed by atoms with E-state index in [9.17, 15) is 0 Å². The molecule has 8 aromatic carbocycles. The van der Waals surface area contributed by atoms with Crippen molar-refractivity contribution in [1.82, 2.24) is 9.97 Å². The van der Waals surface area contributed by atoms with Crippen LogP contribution >= 0.6 is 11.3 Å². The highest BCUT2D eigenvalue weighted by Crippen LogP contribution is 2.53. The van der Waals surface area contributed by atoms with Gasteiger partial charge in [0.2, 0.25) is 0 Å². The largest absolute Gasteiger partial charge is 0.309 e. The van der Waals surface area contributed by atoms with Gasteiger partial charge in [0.05, 0.1) is 27.3 Å². The zero-order chi connectivity index (χ0) is 34.2. The van der Waals surface area contributed by atoms with Crippen LogP contribution in [0.4, 0.5) is 17.1 Å². The second-order valence-electron chi connectivity index (χ2n) is 13.4. The molecule has 10 aromatic rings. The van der Waals surface area contributed by atoms with E-state index < -0.39 is 0 Å². The summed E-state index contributed by atoms with van der Waals surface area (Å²) in [6, 6.07) is 63.1. The lowest BCUT2D eigenvalue weighted by molar-refractivity contribution is 1.24. The number of benzene rings is 8. The average Bonchev–Trinajstić information content (AvgIpc) is 3.60. The Balaban J connectivity index is 1.18. The Kier molecular flexibility index (Phi) is 6.42. The van der Waals surface area contributed by atoms with Gasteiger partial charge in [-0.15, -0.1) is 11.3 Å². The summed E-state index contributed by atoms with van der Waals surface area (Å²) in [4.78, 5) is 13.3. The van der Waals surface area contributed by atoms with Crippen LogP contribution in [0, 0.1) is 0 Å². The summed E-state index contributed by atoms with van der Waals surface area (Å²) < 4.78 is 2.33. The number of para-hydroxylation sites is 1. The van der Waals surface area contributed by atoms with Gasteiger partial charge in [-0.05, 0) is 75.3 Å². The van der Waals surface area contributed by atoms with Gasteiger partial charge in [-0.25, -0.2) is 9.97 Å². The van der Waals surface area contributed by atoms with E-state index in [0.29, 0.717) is 0 Å². The van der Waals surface area contributed by atoms with Gasteiger partial charge in [-0.1, -0.05) is 133 Å². The van der Waals surface area contributed by atoms with E-state index in [1.54, 1.807) is 11.3 Å². The third-order valence-electron chi connectivity index (χ3n) is 10.4. The molecule has 0 aliphatic carbocycles. The van der Waals surface area contributed by atoms with Gasteiger partial charge in [-0.3, -0.25) is 0 Å².